The fourth-order valence-electron chi connectivity index (χ4n) is 3.42. The van der Waals surface area contributed by atoms with Crippen LogP contribution in [-0.4, -0.2) is 46.9 Å². The maximum atomic E-state index is 5.76. The van der Waals surface area contributed by atoms with Crippen molar-refractivity contribution >= 4 is 5.96 Å². The Labute approximate surface area is 168 Å². The van der Waals surface area contributed by atoms with Crippen LogP contribution in [0.25, 0.3) is 0 Å². The van der Waals surface area contributed by atoms with E-state index in [2.05, 4.69) is 54.4 Å². The van der Waals surface area contributed by atoms with Crippen molar-refractivity contribution in [2.45, 2.75) is 39.7 Å². The van der Waals surface area contributed by atoms with Gasteiger partial charge < -0.3 is 15.0 Å². The molecule has 1 aliphatic heterocycles. The minimum absolute atomic E-state index is 0.523. The van der Waals surface area contributed by atoms with Gasteiger partial charge in [-0.05, 0) is 42.5 Å². The molecule has 1 atom stereocenters. The fourth-order valence-corrected chi connectivity index (χ4v) is 3.42. The zero-order valence-corrected chi connectivity index (χ0v) is 17.6. The van der Waals surface area contributed by atoms with Crippen LogP contribution in [0.4, 0.5) is 0 Å². The third-order valence-electron chi connectivity index (χ3n) is 4.94. The van der Waals surface area contributed by atoms with Gasteiger partial charge in [-0.25, -0.2) is 4.99 Å². The molecule has 1 N–H and O–H groups in total. The van der Waals surface area contributed by atoms with E-state index in [1.54, 1.807) is 0 Å². The Hall–Kier alpha value is -2.50. The number of guanidine groups is 1. The SMILES string of the molecule is CCNC(=NCc1ccc(OCC(C)C)cc1)N1CCC(c2cnn(C)c2)C1. The van der Waals surface area contributed by atoms with Crippen molar-refractivity contribution in [1.29, 1.82) is 0 Å². The fraction of sp³-hybridized carbons (Fsp3) is 0.545. The topological polar surface area (TPSA) is 54.7 Å². The average molecular weight is 384 g/mol. The normalized spacial score (nSPS) is 17.4. The van der Waals surface area contributed by atoms with E-state index in [0.717, 1.165) is 44.4 Å². The van der Waals surface area contributed by atoms with E-state index in [1.807, 2.05) is 30.1 Å². The summed E-state index contributed by atoms with van der Waals surface area (Å²) in [5.74, 6) is 2.97. The van der Waals surface area contributed by atoms with Crippen molar-refractivity contribution in [2.75, 3.05) is 26.2 Å². The van der Waals surface area contributed by atoms with E-state index >= 15 is 0 Å². The molecule has 0 aliphatic carbocycles. The number of ether oxygens (including phenoxy) is 1. The summed E-state index contributed by atoms with van der Waals surface area (Å²) in [6.45, 7) is 10.7. The molecule has 28 heavy (non-hydrogen) atoms. The molecule has 2 heterocycles. The standard InChI is InChI=1S/C22H33N5O/c1-5-23-22(27-11-10-19(15-27)20-13-25-26(4)14-20)24-12-18-6-8-21(9-7-18)28-16-17(2)3/h6-9,13-14,17,19H,5,10-12,15-16H2,1-4H3,(H,23,24). The van der Waals surface area contributed by atoms with Gasteiger partial charge >= 0.3 is 0 Å². The first-order valence-corrected chi connectivity index (χ1v) is 10.3. The Bertz CT molecular complexity index is 765. The molecule has 152 valence electrons. The summed E-state index contributed by atoms with van der Waals surface area (Å²) in [6, 6.07) is 8.28. The Morgan fingerprint density at radius 2 is 2.11 bits per heavy atom. The number of benzene rings is 1. The molecule has 1 fully saturated rings. The molecule has 1 aromatic carbocycles. The third kappa shape index (κ3) is 5.50. The van der Waals surface area contributed by atoms with E-state index in [0.29, 0.717) is 18.4 Å². The monoisotopic (exact) mass is 383 g/mol. The second-order valence-electron chi connectivity index (χ2n) is 7.90. The zero-order chi connectivity index (χ0) is 19.9. The van der Waals surface area contributed by atoms with Crippen molar-refractivity contribution in [3.05, 3.63) is 47.8 Å². The molecule has 2 aromatic rings. The average Bonchev–Trinajstić information content (AvgIpc) is 3.33. The van der Waals surface area contributed by atoms with Gasteiger partial charge in [0.2, 0.25) is 0 Å². The van der Waals surface area contributed by atoms with Crippen LogP contribution in [0.5, 0.6) is 5.75 Å². The predicted molar refractivity (Wildman–Crippen MR) is 114 cm³/mol. The lowest BCUT2D eigenvalue weighted by molar-refractivity contribution is 0.271. The van der Waals surface area contributed by atoms with Crippen LogP contribution in [0.3, 0.4) is 0 Å². The van der Waals surface area contributed by atoms with Crippen LogP contribution in [0.2, 0.25) is 0 Å². The number of hydrogen-bond acceptors (Lipinski definition) is 3. The quantitative estimate of drug-likeness (QED) is 0.588. The van der Waals surface area contributed by atoms with E-state index in [9.17, 15) is 0 Å². The van der Waals surface area contributed by atoms with Crippen LogP contribution in [0.1, 0.15) is 44.2 Å². The summed E-state index contributed by atoms with van der Waals surface area (Å²) in [6.07, 6.45) is 5.25. The van der Waals surface area contributed by atoms with Crippen molar-refractivity contribution in [3.63, 3.8) is 0 Å². The van der Waals surface area contributed by atoms with Gasteiger partial charge in [-0.1, -0.05) is 26.0 Å². The van der Waals surface area contributed by atoms with E-state index in [-0.39, 0.29) is 0 Å². The molecule has 6 nitrogen and oxygen atoms in total. The number of aryl methyl sites for hydroxylation is 1. The molecule has 1 unspecified atom stereocenters. The number of likely N-dealkylation sites (tertiary alicyclic amines) is 1. The van der Waals surface area contributed by atoms with Crippen LogP contribution in [0, 0.1) is 5.92 Å². The molecule has 1 aromatic heterocycles. The lowest BCUT2D eigenvalue weighted by Crippen LogP contribution is -2.40. The molecule has 0 radical (unpaired) electrons. The van der Waals surface area contributed by atoms with Crippen LogP contribution < -0.4 is 10.1 Å². The minimum Gasteiger partial charge on any atom is -0.493 e. The van der Waals surface area contributed by atoms with Gasteiger partial charge in [-0.2, -0.15) is 5.10 Å². The highest BCUT2D eigenvalue weighted by atomic mass is 16.5. The van der Waals surface area contributed by atoms with Gasteiger partial charge in [0.05, 0.1) is 19.3 Å². The highest BCUT2D eigenvalue weighted by Crippen LogP contribution is 2.26. The van der Waals surface area contributed by atoms with Crippen LogP contribution >= 0.6 is 0 Å². The van der Waals surface area contributed by atoms with Gasteiger partial charge in [0.25, 0.3) is 0 Å². The predicted octanol–water partition coefficient (Wildman–Crippen LogP) is 3.41. The molecule has 0 bridgehead atoms. The lowest BCUT2D eigenvalue weighted by atomic mass is 10.0. The van der Waals surface area contributed by atoms with Crippen LogP contribution in [0.15, 0.2) is 41.7 Å². The first-order chi connectivity index (χ1) is 13.5. The Morgan fingerprint density at radius 3 is 2.75 bits per heavy atom. The molecular formula is C22H33N5O. The molecular weight excluding hydrogens is 350 g/mol. The largest absolute Gasteiger partial charge is 0.493 e. The number of aromatic nitrogens is 2. The summed E-state index contributed by atoms with van der Waals surface area (Å²) in [5, 5.41) is 7.76. The number of nitrogens with one attached hydrogen (secondary N) is 1. The van der Waals surface area contributed by atoms with Crippen molar-refractivity contribution in [1.82, 2.24) is 20.0 Å². The van der Waals surface area contributed by atoms with Gasteiger partial charge in [0.15, 0.2) is 5.96 Å². The summed E-state index contributed by atoms with van der Waals surface area (Å²) < 4.78 is 7.64. The first-order valence-electron chi connectivity index (χ1n) is 10.3. The Morgan fingerprint density at radius 1 is 1.32 bits per heavy atom. The molecule has 0 spiro atoms. The zero-order valence-electron chi connectivity index (χ0n) is 17.6. The molecule has 0 amide bonds. The third-order valence-corrected chi connectivity index (χ3v) is 4.94. The van der Waals surface area contributed by atoms with Gasteiger partial charge in [-0.3, -0.25) is 4.68 Å². The molecule has 1 aliphatic rings. The molecule has 0 saturated carbocycles. The van der Waals surface area contributed by atoms with Gasteiger partial charge in [-0.15, -0.1) is 0 Å². The van der Waals surface area contributed by atoms with Crippen molar-refractivity contribution < 1.29 is 4.74 Å². The Kier molecular flexibility index (Phi) is 6.95. The van der Waals surface area contributed by atoms with E-state index in [1.165, 1.54) is 11.1 Å². The number of hydrogen-bond donors (Lipinski definition) is 1. The van der Waals surface area contributed by atoms with E-state index in [4.69, 9.17) is 9.73 Å². The highest BCUT2D eigenvalue weighted by Gasteiger charge is 2.26. The molecule has 6 heteroatoms. The summed E-state index contributed by atoms with van der Waals surface area (Å²) in [4.78, 5) is 7.24. The second-order valence-corrected chi connectivity index (χ2v) is 7.90. The lowest BCUT2D eigenvalue weighted by Gasteiger charge is -2.21. The minimum atomic E-state index is 0.523. The maximum Gasteiger partial charge on any atom is 0.194 e. The van der Waals surface area contributed by atoms with Crippen molar-refractivity contribution in [3.8, 4) is 5.75 Å². The molecule has 3 rings (SSSR count). The Balaban J connectivity index is 1.59. The van der Waals surface area contributed by atoms with Gasteiger partial charge in [0, 0.05) is 38.8 Å². The van der Waals surface area contributed by atoms with Crippen molar-refractivity contribution in [2.24, 2.45) is 18.0 Å². The number of aliphatic imine (C=N–C) groups is 1. The second kappa shape index (κ2) is 9.62. The number of nitrogens with zero attached hydrogens (tertiary/aromatic N) is 4. The summed E-state index contributed by atoms with van der Waals surface area (Å²) in [7, 11) is 1.97. The summed E-state index contributed by atoms with van der Waals surface area (Å²) in [5.41, 5.74) is 2.51. The van der Waals surface area contributed by atoms with E-state index < -0.39 is 0 Å². The maximum absolute atomic E-state index is 5.76. The smallest absolute Gasteiger partial charge is 0.194 e. The van der Waals surface area contributed by atoms with Crippen LogP contribution in [-0.2, 0) is 13.6 Å². The van der Waals surface area contributed by atoms with Gasteiger partial charge in [0.1, 0.15) is 5.75 Å². The first kappa shape index (κ1) is 20.2. The summed E-state index contributed by atoms with van der Waals surface area (Å²) >= 11 is 0. The molecule has 1 saturated heterocycles. The highest BCUT2D eigenvalue weighted by molar-refractivity contribution is 5.80. The number of rotatable bonds is 7.